The molecule has 1 N–H and O–H groups in total. The Hall–Kier alpha value is -2.30. The summed E-state index contributed by atoms with van der Waals surface area (Å²) in [6, 6.07) is 12.3. The van der Waals surface area contributed by atoms with E-state index in [9.17, 15) is 9.00 Å². The van der Waals surface area contributed by atoms with Gasteiger partial charge < -0.3 is 24.0 Å². The van der Waals surface area contributed by atoms with E-state index < -0.39 is 9.71 Å². The van der Waals surface area contributed by atoms with Gasteiger partial charge in [-0.05, 0) is 131 Å². The normalized spacial score (nSPS) is 37.9. The highest BCUT2D eigenvalue weighted by Gasteiger charge is 2.52. The molecule has 10 heteroatoms. The summed E-state index contributed by atoms with van der Waals surface area (Å²) < 4.78 is 36.8. The van der Waals surface area contributed by atoms with Crippen LogP contribution in [0.15, 0.2) is 36.4 Å². The van der Waals surface area contributed by atoms with Crippen LogP contribution in [0.3, 0.4) is 0 Å². The molecule has 274 valence electrons. The number of ether oxygens (including phenoxy) is 3. The first kappa shape index (κ1) is 36.1. The quantitative estimate of drug-likeness (QED) is 0.345. The highest BCUT2D eigenvalue weighted by molar-refractivity contribution is 7.99. The molecule has 2 bridgehead atoms. The Bertz CT molecular complexity index is 1690. The van der Waals surface area contributed by atoms with Crippen LogP contribution in [0.2, 0.25) is 5.02 Å². The van der Waals surface area contributed by atoms with Crippen molar-refractivity contribution in [2.45, 2.75) is 95.1 Å². The van der Waals surface area contributed by atoms with Gasteiger partial charge in [-0.25, -0.2) is 4.21 Å². The number of nitrogens with one attached hydrogen (secondary N) is 1. The van der Waals surface area contributed by atoms with Crippen molar-refractivity contribution in [3.8, 4) is 5.75 Å². The molecule has 1 amide bonds. The molecule has 1 spiro atoms. The van der Waals surface area contributed by atoms with Crippen LogP contribution in [-0.4, -0.2) is 85.5 Å². The van der Waals surface area contributed by atoms with Crippen molar-refractivity contribution in [3.05, 3.63) is 58.1 Å². The molecule has 50 heavy (non-hydrogen) atoms. The lowest BCUT2D eigenvalue weighted by atomic mass is 9.57. The number of benzene rings is 2. The SMILES string of the molecule is C=S1(=O)NC(=O)c2ccc3c(c2)N(C[C@@H]2CC[C@H]2[C@@](C)(C2OCC(N(C)C)CO2)CCC[C@H](C)[C@H]1C)C[C@@]1(CCCc2cc(Cl)ccc21)CO3. The summed E-state index contributed by atoms with van der Waals surface area (Å²) in [4.78, 5) is 18.4. The first-order valence-corrected chi connectivity index (χ1v) is 20.8. The number of amides is 1. The van der Waals surface area contributed by atoms with E-state index in [0.717, 1.165) is 80.9 Å². The second-order valence-electron chi connectivity index (χ2n) is 16.6. The number of carbonyl (C=O) groups excluding carboxylic acids is 1. The van der Waals surface area contributed by atoms with Crippen molar-refractivity contribution >= 4 is 38.8 Å². The topological polar surface area (TPSA) is 80.3 Å². The monoisotopic (exact) mass is 725 g/mol. The maximum Gasteiger partial charge on any atom is 0.262 e. The first-order valence-electron chi connectivity index (χ1n) is 18.7. The van der Waals surface area contributed by atoms with Crippen LogP contribution >= 0.6 is 11.6 Å². The predicted octanol–water partition coefficient (Wildman–Crippen LogP) is 6.72. The molecule has 2 aliphatic carbocycles. The van der Waals surface area contributed by atoms with Crippen LogP contribution in [0.25, 0.3) is 0 Å². The lowest BCUT2D eigenvalue weighted by Crippen LogP contribution is -2.56. The third-order valence-corrected chi connectivity index (χ3v) is 15.6. The molecular weight excluding hydrogens is 670 g/mol. The largest absolute Gasteiger partial charge is 0.490 e. The van der Waals surface area contributed by atoms with Crippen molar-refractivity contribution in [2.24, 2.45) is 23.2 Å². The van der Waals surface area contributed by atoms with Crippen LogP contribution in [-0.2, 0) is 31.0 Å². The van der Waals surface area contributed by atoms with Crippen LogP contribution in [0.5, 0.6) is 5.75 Å². The van der Waals surface area contributed by atoms with E-state index in [-0.39, 0.29) is 40.2 Å². The number of hydrogen-bond acceptors (Lipinski definition) is 7. The average molecular weight is 726 g/mol. The summed E-state index contributed by atoms with van der Waals surface area (Å²) in [5.41, 5.74) is 3.62. The molecule has 2 fully saturated rings. The Balaban J connectivity index is 1.29. The number of anilines is 1. The van der Waals surface area contributed by atoms with Crippen LogP contribution in [0.1, 0.15) is 87.2 Å². The number of nitrogens with zero attached hydrogens (tertiary/aromatic N) is 2. The zero-order chi connectivity index (χ0) is 35.4. The molecule has 7 atom stereocenters. The van der Waals surface area contributed by atoms with E-state index in [1.54, 1.807) is 6.07 Å². The predicted molar refractivity (Wildman–Crippen MR) is 203 cm³/mol. The Labute approximate surface area is 304 Å². The van der Waals surface area contributed by atoms with E-state index in [1.807, 2.05) is 25.1 Å². The third-order valence-electron chi connectivity index (χ3n) is 13.2. The summed E-state index contributed by atoms with van der Waals surface area (Å²) in [5, 5.41) is 0.483. The number of rotatable bonds is 2. The van der Waals surface area contributed by atoms with Gasteiger partial charge in [-0.15, -0.1) is 0 Å². The van der Waals surface area contributed by atoms with Gasteiger partial charge in [0.05, 0.1) is 41.3 Å². The molecule has 7 rings (SSSR count). The van der Waals surface area contributed by atoms with Gasteiger partial charge in [0.2, 0.25) is 0 Å². The Morgan fingerprint density at radius 1 is 1.04 bits per heavy atom. The van der Waals surface area contributed by atoms with Gasteiger partial charge >= 0.3 is 0 Å². The Morgan fingerprint density at radius 2 is 1.82 bits per heavy atom. The summed E-state index contributed by atoms with van der Waals surface area (Å²) in [6.07, 6.45) is 7.88. The van der Waals surface area contributed by atoms with Crippen molar-refractivity contribution in [1.29, 1.82) is 0 Å². The van der Waals surface area contributed by atoms with Crippen molar-refractivity contribution in [2.75, 3.05) is 51.9 Å². The molecule has 2 aromatic carbocycles. The van der Waals surface area contributed by atoms with Gasteiger partial charge in [0.1, 0.15) is 5.75 Å². The average Bonchev–Trinajstić information content (AvgIpc) is 3.22. The number of likely N-dealkylation sites (N-methyl/N-ethyl adjacent to an activating group) is 1. The van der Waals surface area contributed by atoms with E-state index in [4.69, 9.17) is 25.8 Å². The minimum Gasteiger partial charge on any atom is -0.490 e. The third kappa shape index (κ3) is 6.70. The summed E-state index contributed by atoms with van der Waals surface area (Å²) >= 11 is 6.50. The highest BCUT2D eigenvalue weighted by atomic mass is 35.5. The first-order chi connectivity index (χ1) is 23.8. The standard InChI is InChI=1S/C40H56ClN3O5S/c1-26-9-7-17-39(3,38-47-22-32(23-48-38)43(4)5)33-14-11-30(33)21-44-24-40(18-8-10-28-19-31(41)13-15-34(28)40)25-49-36-16-12-29(20-35(36)44)37(45)42-50(6,46)27(26)2/h12-13,15-16,19-20,26-27,30,32-33,38H,6-11,14,17-18,21-25H2,1-5H3,(H,42,45,46)/t26-,27+,30-,32?,33+,38?,39-,40-,50?/m0/s1. The number of hydrogen-bond donors (Lipinski definition) is 1. The minimum absolute atomic E-state index is 0.112. The summed E-state index contributed by atoms with van der Waals surface area (Å²) in [5.74, 6) is 5.45. The smallest absolute Gasteiger partial charge is 0.262 e. The van der Waals surface area contributed by atoms with E-state index in [1.165, 1.54) is 11.1 Å². The van der Waals surface area contributed by atoms with Crippen LogP contribution < -0.4 is 14.4 Å². The molecule has 0 radical (unpaired) electrons. The second kappa shape index (κ2) is 13.9. The molecule has 3 aliphatic heterocycles. The number of fused-ring (bicyclic) bond motifs is 4. The minimum atomic E-state index is -2.92. The fourth-order valence-electron chi connectivity index (χ4n) is 9.57. The Morgan fingerprint density at radius 3 is 2.54 bits per heavy atom. The van der Waals surface area contributed by atoms with Gasteiger partial charge in [-0.3, -0.25) is 9.52 Å². The Kier molecular flexibility index (Phi) is 10.0. The maximum atomic E-state index is 14.0. The summed E-state index contributed by atoms with van der Waals surface area (Å²) in [7, 11) is 1.25. The highest BCUT2D eigenvalue weighted by Crippen LogP contribution is 2.54. The zero-order valence-corrected chi connectivity index (χ0v) is 32.1. The van der Waals surface area contributed by atoms with Crippen LogP contribution in [0, 0.1) is 23.2 Å². The van der Waals surface area contributed by atoms with Gasteiger partial charge in [-0.2, -0.15) is 0 Å². The van der Waals surface area contributed by atoms with Gasteiger partial charge in [0.25, 0.3) is 5.91 Å². The molecule has 1 unspecified atom stereocenters. The fraction of sp³-hybridized carbons (Fsp3) is 0.650. The molecule has 3 heterocycles. The van der Waals surface area contributed by atoms with Gasteiger partial charge in [0, 0.05) is 39.8 Å². The number of carbonyl (C=O) groups is 1. The molecule has 1 saturated carbocycles. The van der Waals surface area contributed by atoms with Crippen LogP contribution in [0.4, 0.5) is 5.69 Å². The van der Waals surface area contributed by atoms with Crippen molar-refractivity contribution in [1.82, 2.24) is 9.62 Å². The molecule has 5 aliphatic rings. The van der Waals surface area contributed by atoms with E-state index >= 15 is 0 Å². The van der Waals surface area contributed by atoms with Crippen molar-refractivity contribution < 1.29 is 23.2 Å². The fourth-order valence-corrected chi connectivity index (χ4v) is 11.3. The van der Waals surface area contributed by atoms with Crippen molar-refractivity contribution in [3.63, 3.8) is 0 Å². The summed E-state index contributed by atoms with van der Waals surface area (Å²) in [6.45, 7) is 9.99. The molecule has 1 saturated heterocycles. The maximum absolute atomic E-state index is 14.0. The van der Waals surface area contributed by atoms with Gasteiger partial charge in [-0.1, -0.05) is 37.9 Å². The lowest BCUT2D eigenvalue weighted by molar-refractivity contribution is -0.272. The van der Waals surface area contributed by atoms with E-state index in [2.05, 4.69) is 60.5 Å². The lowest BCUT2D eigenvalue weighted by Gasteiger charge is -2.54. The molecular formula is C40H56ClN3O5S. The molecule has 2 aromatic rings. The molecule has 8 nitrogen and oxygen atoms in total. The second-order valence-corrected chi connectivity index (χ2v) is 19.4. The molecule has 0 aromatic heterocycles. The van der Waals surface area contributed by atoms with E-state index in [0.29, 0.717) is 37.2 Å². The number of halogens is 1. The zero-order valence-electron chi connectivity index (χ0n) is 30.5. The number of aryl methyl sites for hydroxylation is 1. The van der Waals surface area contributed by atoms with Gasteiger partial charge in [0.15, 0.2) is 6.29 Å².